The second-order valence-corrected chi connectivity index (χ2v) is 4.97. The topological polar surface area (TPSA) is 56.7 Å². The van der Waals surface area contributed by atoms with Gasteiger partial charge in [-0.25, -0.2) is 0 Å². The molecule has 2 aliphatic rings. The van der Waals surface area contributed by atoms with Gasteiger partial charge in [0.15, 0.2) is 0 Å². The van der Waals surface area contributed by atoms with Gasteiger partial charge in [0.2, 0.25) is 0 Å². The number of nitrogens with two attached hydrogens (primary N) is 1. The summed E-state index contributed by atoms with van der Waals surface area (Å²) in [5.41, 5.74) is 6.13. The monoisotopic (exact) mass is 206 g/mol. The zero-order valence-electron chi connectivity index (χ0n) is 9.19. The maximum Gasteiger partial charge on any atom is 0.134 e. The van der Waals surface area contributed by atoms with Crippen molar-refractivity contribution < 1.29 is 0 Å². The van der Waals surface area contributed by atoms with Gasteiger partial charge in [-0.1, -0.05) is 0 Å². The number of aryl methyl sites for hydroxylation is 1. The Bertz CT molecular complexity index is 363. The molecule has 1 aromatic rings. The van der Waals surface area contributed by atoms with Crippen LogP contribution >= 0.6 is 0 Å². The molecular weight excluding hydrogens is 188 g/mol. The third-order valence-electron chi connectivity index (χ3n) is 3.49. The Balaban J connectivity index is 1.77. The van der Waals surface area contributed by atoms with Crippen molar-refractivity contribution in [1.29, 1.82) is 0 Å². The van der Waals surface area contributed by atoms with Crippen LogP contribution in [-0.2, 0) is 6.42 Å². The SMILES string of the molecule is Cc1nnc(CC(N)C2CC2)n1C1CC1. The third kappa shape index (κ3) is 1.78. The molecule has 0 radical (unpaired) electrons. The molecule has 2 N–H and O–H groups in total. The number of hydrogen-bond acceptors (Lipinski definition) is 3. The van der Waals surface area contributed by atoms with Gasteiger partial charge in [-0.05, 0) is 38.5 Å². The second kappa shape index (κ2) is 3.30. The molecule has 0 aromatic carbocycles. The van der Waals surface area contributed by atoms with Crippen molar-refractivity contribution in [3.05, 3.63) is 11.6 Å². The molecule has 3 rings (SSSR count). The minimum Gasteiger partial charge on any atom is -0.327 e. The number of hydrogen-bond donors (Lipinski definition) is 1. The zero-order chi connectivity index (χ0) is 10.4. The average molecular weight is 206 g/mol. The summed E-state index contributed by atoms with van der Waals surface area (Å²) in [6.07, 6.45) is 6.08. The van der Waals surface area contributed by atoms with E-state index in [0.717, 1.165) is 24.0 Å². The fourth-order valence-corrected chi connectivity index (χ4v) is 2.26. The smallest absolute Gasteiger partial charge is 0.134 e. The Morgan fingerprint density at radius 2 is 2.07 bits per heavy atom. The lowest BCUT2D eigenvalue weighted by Gasteiger charge is -2.11. The first-order chi connectivity index (χ1) is 7.25. The summed E-state index contributed by atoms with van der Waals surface area (Å²) in [6.45, 7) is 2.04. The van der Waals surface area contributed by atoms with Crippen molar-refractivity contribution in [2.75, 3.05) is 0 Å². The van der Waals surface area contributed by atoms with E-state index in [2.05, 4.69) is 14.8 Å². The Labute approximate surface area is 89.9 Å². The maximum atomic E-state index is 6.13. The van der Waals surface area contributed by atoms with Gasteiger partial charge in [-0.15, -0.1) is 10.2 Å². The average Bonchev–Trinajstić information content (AvgIpc) is 3.09. The van der Waals surface area contributed by atoms with Gasteiger partial charge in [-0.3, -0.25) is 0 Å². The molecule has 2 saturated carbocycles. The maximum absolute atomic E-state index is 6.13. The first-order valence-electron chi connectivity index (χ1n) is 5.91. The lowest BCUT2D eigenvalue weighted by molar-refractivity contribution is 0.547. The van der Waals surface area contributed by atoms with Gasteiger partial charge < -0.3 is 10.3 Å². The highest BCUT2D eigenvalue weighted by atomic mass is 15.3. The summed E-state index contributed by atoms with van der Waals surface area (Å²) in [4.78, 5) is 0. The zero-order valence-corrected chi connectivity index (χ0v) is 9.19. The van der Waals surface area contributed by atoms with E-state index in [1.807, 2.05) is 6.92 Å². The van der Waals surface area contributed by atoms with Crippen LogP contribution in [0, 0.1) is 12.8 Å². The second-order valence-electron chi connectivity index (χ2n) is 4.97. The van der Waals surface area contributed by atoms with Gasteiger partial charge in [0.25, 0.3) is 0 Å². The highest BCUT2D eigenvalue weighted by Crippen LogP contribution is 2.38. The molecule has 1 heterocycles. The third-order valence-corrected chi connectivity index (χ3v) is 3.49. The predicted molar refractivity (Wildman–Crippen MR) is 57.4 cm³/mol. The molecule has 0 saturated heterocycles. The van der Waals surface area contributed by atoms with Gasteiger partial charge in [0.1, 0.15) is 11.6 Å². The summed E-state index contributed by atoms with van der Waals surface area (Å²) in [5.74, 6) is 2.90. The van der Waals surface area contributed by atoms with Crippen LogP contribution in [0.15, 0.2) is 0 Å². The van der Waals surface area contributed by atoms with Crippen LogP contribution in [0.5, 0.6) is 0 Å². The molecule has 4 nitrogen and oxygen atoms in total. The van der Waals surface area contributed by atoms with E-state index >= 15 is 0 Å². The van der Waals surface area contributed by atoms with Crippen molar-refractivity contribution >= 4 is 0 Å². The first kappa shape index (κ1) is 9.33. The molecule has 1 unspecified atom stereocenters. The van der Waals surface area contributed by atoms with Gasteiger partial charge in [0.05, 0.1) is 0 Å². The molecule has 0 amide bonds. The van der Waals surface area contributed by atoms with Crippen LogP contribution in [-0.4, -0.2) is 20.8 Å². The van der Waals surface area contributed by atoms with E-state index in [1.54, 1.807) is 0 Å². The molecule has 0 spiro atoms. The highest BCUT2D eigenvalue weighted by Gasteiger charge is 2.32. The minimum atomic E-state index is 0.297. The Morgan fingerprint density at radius 1 is 1.33 bits per heavy atom. The van der Waals surface area contributed by atoms with E-state index in [1.165, 1.54) is 25.7 Å². The van der Waals surface area contributed by atoms with Gasteiger partial charge in [-0.2, -0.15) is 0 Å². The van der Waals surface area contributed by atoms with E-state index in [4.69, 9.17) is 5.73 Å². The van der Waals surface area contributed by atoms with Crippen molar-refractivity contribution in [1.82, 2.24) is 14.8 Å². The van der Waals surface area contributed by atoms with E-state index < -0.39 is 0 Å². The molecule has 2 fully saturated rings. The molecule has 82 valence electrons. The van der Waals surface area contributed by atoms with Crippen molar-refractivity contribution in [3.63, 3.8) is 0 Å². The highest BCUT2D eigenvalue weighted by molar-refractivity contribution is 5.04. The fraction of sp³-hybridized carbons (Fsp3) is 0.818. The molecule has 15 heavy (non-hydrogen) atoms. The van der Waals surface area contributed by atoms with E-state index in [9.17, 15) is 0 Å². The van der Waals surface area contributed by atoms with Crippen LogP contribution in [0.4, 0.5) is 0 Å². The normalized spacial score (nSPS) is 23.1. The summed E-state index contributed by atoms with van der Waals surface area (Å²) < 4.78 is 2.29. The van der Waals surface area contributed by atoms with E-state index in [-0.39, 0.29) is 0 Å². The molecule has 4 heteroatoms. The number of aromatic nitrogens is 3. The Kier molecular flexibility index (Phi) is 2.06. The lowest BCUT2D eigenvalue weighted by atomic mass is 10.1. The van der Waals surface area contributed by atoms with Crippen molar-refractivity contribution in [2.45, 2.75) is 51.1 Å². The summed E-state index contributed by atoms with van der Waals surface area (Å²) in [5, 5.41) is 8.43. The lowest BCUT2D eigenvalue weighted by Crippen LogP contribution is -2.26. The van der Waals surface area contributed by atoms with Gasteiger partial charge in [0, 0.05) is 18.5 Å². The predicted octanol–water partition coefficient (Wildman–Crippen LogP) is 1.20. The molecule has 1 aromatic heterocycles. The van der Waals surface area contributed by atoms with Crippen LogP contribution in [0.2, 0.25) is 0 Å². The summed E-state index contributed by atoms with van der Waals surface area (Å²) >= 11 is 0. The van der Waals surface area contributed by atoms with Crippen LogP contribution in [0.25, 0.3) is 0 Å². The Hall–Kier alpha value is -0.900. The van der Waals surface area contributed by atoms with Crippen molar-refractivity contribution in [2.24, 2.45) is 11.7 Å². The standard InChI is InChI=1S/C11H18N4/c1-7-13-14-11(15(7)9-4-5-9)6-10(12)8-2-3-8/h8-10H,2-6,12H2,1H3. The summed E-state index contributed by atoms with van der Waals surface area (Å²) in [7, 11) is 0. The number of rotatable bonds is 4. The minimum absolute atomic E-state index is 0.297. The van der Waals surface area contributed by atoms with Crippen LogP contribution in [0.3, 0.4) is 0 Å². The Morgan fingerprint density at radius 3 is 2.67 bits per heavy atom. The quantitative estimate of drug-likeness (QED) is 0.805. The van der Waals surface area contributed by atoms with Crippen LogP contribution < -0.4 is 5.73 Å². The van der Waals surface area contributed by atoms with Crippen LogP contribution in [0.1, 0.15) is 43.4 Å². The molecular formula is C11H18N4. The van der Waals surface area contributed by atoms with Crippen molar-refractivity contribution in [3.8, 4) is 0 Å². The largest absolute Gasteiger partial charge is 0.327 e. The van der Waals surface area contributed by atoms with Gasteiger partial charge >= 0.3 is 0 Å². The fourth-order valence-electron chi connectivity index (χ4n) is 2.26. The first-order valence-corrected chi connectivity index (χ1v) is 5.91. The number of nitrogens with zero attached hydrogens (tertiary/aromatic N) is 3. The van der Waals surface area contributed by atoms with E-state index in [0.29, 0.717) is 12.1 Å². The summed E-state index contributed by atoms with van der Waals surface area (Å²) in [6, 6.07) is 0.965. The molecule has 0 aliphatic heterocycles. The molecule has 1 atom stereocenters. The molecule has 2 aliphatic carbocycles. The molecule has 0 bridgehead atoms.